The normalized spacial score (nSPS) is 11.6. The van der Waals surface area contributed by atoms with E-state index in [9.17, 15) is 49.8 Å². The Hall–Kier alpha value is -6.30. The van der Waals surface area contributed by atoms with Crippen LogP contribution in [0.25, 0.3) is 11.1 Å². The molecule has 0 bridgehead atoms. The first-order valence-electron chi connectivity index (χ1n) is 11.9. The van der Waals surface area contributed by atoms with Crippen molar-refractivity contribution in [3.8, 4) is 11.1 Å². The molecular weight excluding hydrogens is 548 g/mol. The van der Waals surface area contributed by atoms with Gasteiger partial charge in [0.05, 0.1) is 44.8 Å². The second-order valence-electron chi connectivity index (χ2n) is 8.71. The van der Waals surface area contributed by atoms with Crippen LogP contribution in [0.1, 0.15) is 52.6 Å². The van der Waals surface area contributed by atoms with E-state index in [0.29, 0.717) is 11.1 Å². The molecule has 0 aliphatic heterocycles. The summed E-state index contributed by atoms with van der Waals surface area (Å²) in [4.78, 5) is 54.2. The molecule has 0 aliphatic rings. The number of aliphatic hydroxyl groups is 2. The standard InChI is InChI=1S/C30H20N2O10/c33-25(31-19-5-1-3-17(11-19)27(35)36)23-13-15(7-9-21(23)29(39)40)16-8-10-22(30(41)42)24(14-16)26(34)32-20-6-2-4-18(12-20)28(37)38/h1-14H,(H,31,33)(H,32,34)(H,35,36)(H,37,38)(H,39,40)(H,41,42). The number of aliphatic hydroxyl groups excluding tert-OH is 2. The molecule has 0 aromatic heterocycles. The Bertz CT molecular complexity index is 1690. The van der Waals surface area contributed by atoms with Crippen LogP contribution in [-0.2, 0) is 0 Å². The largest absolute Gasteiger partial charge is 0.493 e. The van der Waals surface area contributed by atoms with Crippen LogP contribution in [0.3, 0.4) is 0 Å². The second kappa shape index (κ2) is 11.8. The molecule has 0 aliphatic carbocycles. The second-order valence-corrected chi connectivity index (χ2v) is 8.71. The smallest absolute Gasteiger partial charge is 0.336 e. The fourth-order valence-electron chi connectivity index (χ4n) is 3.97. The van der Waals surface area contributed by atoms with Crippen molar-refractivity contribution < 1.29 is 49.8 Å². The molecule has 6 N–H and O–H groups in total. The minimum atomic E-state index is -1.38. The number of aromatic carboxylic acids is 4. The van der Waals surface area contributed by atoms with E-state index >= 15 is 0 Å². The molecule has 0 saturated heterocycles. The van der Waals surface area contributed by atoms with Crippen LogP contribution >= 0.6 is 0 Å². The predicted octanol–water partition coefficient (Wildman–Crippen LogP) is 5.42. The molecule has 12 nitrogen and oxygen atoms in total. The van der Waals surface area contributed by atoms with E-state index in [2.05, 4.69) is 9.98 Å². The lowest BCUT2D eigenvalue weighted by atomic mass is 9.95. The molecule has 4 aromatic rings. The van der Waals surface area contributed by atoms with Gasteiger partial charge in [0.2, 0.25) is 11.8 Å². The van der Waals surface area contributed by atoms with E-state index in [0.717, 1.165) is 0 Å². The van der Waals surface area contributed by atoms with Gasteiger partial charge in [-0.1, -0.05) is 24.3 Å². The van der Waals surface area contributed by atoms with Gasteiger partial charge < -0.3 is 30.6 Å². The Labute approximate surface area is 236 Å². The van der Waals surface area contributed by atoms with Crippen LogP contribution in [0, 0.1) is 0 Å². The zero-order valence-corrected chi connectivity index (χ0v) is 21.3. The summed E-state index contributed by atoms with van der Waals surface area (Å²) in [5.41, 5.74) is -0.563. The van der Waals surface area contributed by atoms with Crippen LogP contribution in [0.2, 0.25) is 0 Å². The van der Waals surface area contributed by atoms with Crippen molar-refractivity contribution in [3.05, 3.63) is 118 Å². The lowest BCUT2D eigenvalue weighted by Crippen LogP contribution is -2.10. The Morgan fingerprint density at radius 3 is 1.14 bits per heavy atom. The first-order chi connectivity index (χ1) is 19.9. The summed E-state index contributed by atoms with van der Waals surface area (Å²) in [5.74, 6) is -6.65. The van der Waals surface area contributed by atoms with E-state index in [1.165, 1.54) is 84.9 Å². The van der Waals surface area contributed by atoms with E-state index in [-0.39, 0.29) is 44.8 Å². The molecule has 0 atom stereocenters. The molecule has 0 unspecified atom stereocenters. The Morgan fingerprint density at radius 1 is 0.429 bits per heavy atom. The monoisotopic (exact) mass is 568 g/mol. The zero-order valence-electron chi connectivity index (χ0n) is 21.3. The number of hydrogen-bond donors (Lipinski definition) is 6. The van der Waals surface area contributed by atoms with Gasteiger partial charge in [-0.25, -0.2) is 29.2 Å². The Kier molecular flexibility index (Phi) is 8.09. The van der Waals surface area contributed by atoms with Crippen molar-refractivity contribution in [1.82, 2.24) is 0 Å². The van der Waals surface area contributed by atoms with Gasteiger partial charge in [0.25, 0.3) is 0 Å². The summed E-state index contributed by atoms with van der Waals surface area (Å²) in [6.07, 6.45) is 0. The SMILES string of the molecule is O=C(O)c1cccc(N=C(O)c2cc(-c3ccc(C(=O)O)c(C(O)=Nc4cccc(C(=O)O)c4)c3)ccc2C(=O)O)c1. The maximum absolute atomic E-state index is 11.9. The highest BCUT2D eigenvalue weighted by atomic mass is 16.4. The number of aliphatic imine (C=N–C) groups is 2. The van der Waals surface area contributed by atoms with Crippen LogP contribution in [0.4, 0.5) is 11.4 Å². The minimum absolute atomic E-state index is 0.0512. The molecular formula is C30H20N2O10. The van der Waals surface area contributed by atoms with Gasteiger partial charge in [-0.05, 0) is 71.8 Å². The molecule has 210 valence electrons. The van der Waals surface area contributed by atoms with Crippen molar-refractivity contribution in [2.75, 3.05) is 0 Å². The van der Waals surface area contributed by atoms with Crippen molar-refractivity contribution in [2.24, 2.45) is 9.98 Å². The summed E-state index contributed by atoms with van der Waals surface area (Å²) < 4.78 is 0. The molecule has 0 amide bonds. The lowest BCUT2D eigenvalue weighted by Gasteiger charge is -2.11. The summed E-state index contributed by atoms with van der Waals surface area (Å²) in [5, 5.41) is 59.2. The van der Waals surface area contributed by atoms with Gasteiger partial charge in [-0.15, -0.1) is 0 Å². The Balaban J connectivity index is 1.82. The third-order valence-corrected chi connectivity index (χ3v) is 5.97. The molecule has 0 fully saturated rings. The molecule has 4 aromatic carbocycles. The predicted molar refractivity (Wildman–Crippen MR) is 150 cm³/mol. The quantitative estimate of drug-likeness (QED) is 0.111. The fraction of sp³-hybridized carbons (Fsp3) is 0. The fourth-order valence-corrected chi connectivity index (χ4v) is 3.97. The van der Waals surface area contributed by atoms with E-state index in [1.807, 2.05) is 0 Å². The average molecular weight is 568 g/mol. The molecule has 0 spiro atoms. The number of carboxylic acid groups (broad SMARTS) is 4. The number of carbonyl (C=O) groups is 4. The lowest BCUT2D eigenvalue weighted by molar-refractivity contribution is 0.0685. The van der Waals surface area contributed by atoms with Gasteiger partial charge in [0.15, 0.2) is 0 Å². The van der Waals surface area contributed by atoms with Crippen molar-refractivity contribution in [3.63, 3.8) is 0 Å². The van der Waals surface area contributed by atoms with Crippen LogP contribution in [0.15, 0.2) is 94.9 Å². The molecule has 0 saturated carbocycles. The van der Waals surface area contributed by atoms with Crippen molar-refractivity contribution >= 4 is 47.0 Å². The first kappa shape index (κ1) is 28.7. The Morgan fingerprint density at radius 2 is 0.810 bits per heavy atom. The number of nitrogens with zero attached hydrogens (tertiary/aromatic N) is 2. The van der Waals surface area contributed by atoms with Crippen LogP contribution < -0.4 is 0 Å². The first-order valence-corrected chi connectivity index (χ1v) is 11.9. The minimum Gasteiger partial charge on any atom is -0.493 e. The molecule has 4 rings (SSSR count). The van der Waals surface area contributed by atoms with E-state index in [4.69, 9.17) is 0 Å². The van der Waals surface area contributed by atoms with Gasteiger partial charge in [0.1, 0.15) is 0 Å². The van der Waals surface area contributed by atoms with Crippen molar-refractivity contribution in [1.29, 1.82) is 0 Å². The average Bonchev–Trinajstić information content (AvgIpc) is 2.96. The molecule has 0 heterocycles. The number of benzene rings is 4. The van der Waals surface area contributed by atoms with Crippen LogP contribution in [-0.4, -0.2) is 66.3 Å². The molecule has 12 heteroatoms. The maximum Gasteiger partial charge on any atom is 0.336 e. The third kappa shape index (κ3) is 6.29. The number of rotatable bonds is 9. The summed E-state index contributed by atoms with van der Waals surface area (Å²) >= 11 is 0. The van der Waals surface area contributed by atoms with Gasteiger partial charge >= 0.3 is 23.9 Å². The highest BCUT2D eigenvalue weighted by Crippen LogP contribution is 2.28. The maximum atomic E-state index is 11.9. The summed E-state index contributed by atoms with van der Waals surface area (Å²) in [6.45, 7) is 0. The number of carboxylic acids is 4. The van der Waals surface area contributed by atoms with Gasteiger partial charge in [-0.2, -0.15) is 0 Å². The summed E-state index contributed by atoms with van der Waals surface area (Å²) in [7, 11) is 0. The van der Waals surface area contributed by atoms with Crippen LogP contribution in [0.5, 0.6) is 0 Å². The van der Waals surface area contributed by atoms with E-state index in [1.54, 1.807) is 0 Å². The molecule has 0 radical (unpaired) electrons. The number of hydrogen-bond acceptors (Lipinski definition) is 6. The zero-order chi connectivity index (χ0) is 30.6. The third-order valence-electron chi connectivity index (χ3n) is 5.97. The summed E-state index contributed by atoms with van der Waals surface area (Å²) in [6, 6.07) is 18.4. The highest BCUT2D eigenvalue weighted by Gasteiger charge is 2.19. The van der Waals surface area contributed by atoms with Gasteiger partial charge in [-0.3, -0.25) is 0 Å². The van der Waals surface area contributed by atoms with Gasteiger partial charge in [0, 0.05) is 0 Å². The van der Waals surface area contributed by atoms with E-state index < -0.39 is 35.7 Å². The van der Waals surface area contributed by atoms with Crippen molar-refractivity contribution in [2.45, 2.75) is 0 Å². The topological polar surface area (TPSA) is 214 Å². The highest BCUT2D eigenvalue weighted by molar-refractivity contribution is 6.07. The molecule has 42 heavy (non-hydrogen) atoms.